The van der Waals surface area contributed by atoms with Gasteiger partial charge in [0.1, 0.15) is 5.60 Å². The van der Waals surface area contributed by atoms with Gasteiger partial charge < -0.3 is 20.3 Å². The Kier molecular flexibility index (Phi) is 5.20. The largest absolute Gasteiger partial charge is 0.479 e. The normalized spacial score (nSPS) is 14.1. The molecule has 116 valence electrons. The lowest BCUT2D eigenvalue weighted by Gasteiger charge is -2.26. The van der Waals surface area contributed by atoms with Gasteiger partial charge in [-0.2, -0.15) is 0 Å². The summed E-state index contributed by atoms with van der Waals surface area (Å²) in [5, 5.41) is 22.2. The summed E-state index contributed by atoms with van der Waals surface area (Å²) in [5.41, 5.74) is -2.87. The van der Waals surface area contributed by atoms with E-state index >= 15 is 0 Å². The molecular formula is C14H18ClNO5. The zero-order chi connectivity index (χ0) is 16.3. The number of nitrogens with one attached hydrogen (secondary N) is 1. The number of halogens is 1. The van der Waals surface area contributed by atoms with E-state index in [9.17, 15) is 19.8 Å². The van der Waals surface area contributed by atoms with Crippen molar-refractivity contribution < 1.29 is 24.5 Å². The molecule has 0 aliphatic carbocycles. The van der Waals surface area contributed by atoms with E-state index in [0.717, 1.165) is 0 Å². The van der Waals surface area contributed by atoms with Crippen LogP contribution < -0.4 is 5.32 Å². The first-order chi connectivity index (χ1) is 9.54. The second-order valence-corrected chi connectivity index (χ2v) is 5.96. The molecule has 3 N–H and O–H groups in total. The topological polar surface area (TPSA) is 95.9 Å². The van der Waals surface area contributed by atoms with Gasteiger partial charge in [0.05, 0.1) is 6.54 Å². The Hall–Kier alpha value is -1.79. The molecule has 0 radical (unpaired) electrons. The number of aliphatic carboxylic acids is 1. The van der Waals surface area contributed by atoms with Crippen molar-refractivity contribution in [1.82, 2.24) is 5.32 Å². The first-order valence-electron chi connectivity index (χ1n) is 6.23. The minimum atomic E-state index is -2.26. The molecule has 0 saturated heterocycles. The fourth-order valence-corrected chi connectivity index (χ4v) is 1.67. The van der Waals surface area contributed by atoms with E-state index in [1.54, 1.807) is 20.8 Å². The fourth-order valence-electron chi connectivity index (χ4n) is 1.54. The number of ether oxygens (including phenoxy) is 1. The third-order valence-corrected chi connectivity index (χ3v) is 2.82. The molecule has 1 rings (SSSR count). The van der Waals surface area contributed by atoms with E-state index in [4.69, 9.17) is 16.3 Å². The van der Waals surface area contributed by atoms with Crippen LogP contribution in [-0.2, 0) is 15.1 Å². The minimum absolute atomic E-state index is 0.107. The highest BCUT2D eigenvalue weighted by molar-refractivity contribution is 6.30. The number of aliphatic hydroxyl groups is 1. The molecule has 0 aliphatic heterocycles. The molecule has 0 bridgehead atoms. The maximum absolute atomic E-state index is 11.6. The van der Waals surface area contributed by atoms with Crippen LogP contribution in [0.15, 0.2) is 24.3 Å². The molecule has 1 amide bonds. The lowest BCUT2D eigenvalue weighted by atomic mass is 9.94. The zero-order valence-corrected chi connectivity index (χ0v) is 12.8. The summed E-state index contributed by atoms with van der Waals surface area (Å²) in [6.07, 6.45) is -0.809. The van der Waals surface area contributed by atoms with Crippen LogP contribution in [0, 0.1) is 0 Å². The van der Waals surface area contributed by atoms with Crippen molar-refractivity contribution in [1.29, 1.82) is 0 Å². The third kappa shape index (κ3) is 4.91. The maximum atomic E-state index is 11.6. The van der Waals surface area contributed by atoms with Crippen LogP contribution in [0.5, 0.6) is 0 Å². The number of alkyl carbamates (subject to hydrolysis) is 1. The lowest BCUT2D eigenvalue weighted by molar-refractivity contribution is -0.159. The van der Waals surface area contributed by atoms with Crippen molar-refractivity contribution in [3.63, 3.8) is 0 Å². The van der Waals surface area contributed by atoms with Crippen LogP contribution in [-0.4, -0.2) is 34.4 Å². The van der Waals surface area contributed by atoms with E-state index in [2.05, 4.69) is 5.32 Å². The number of benzene rings is 1. The number of hydrogen-bond donors (Lipinski definition) is 3. The van der Waals surface area contributed by atoms with Crippen molar-refractivity contribution in [3.05, 3.63) is 34.9 Å². The quantitative estimate of drug-likeness (QED) is 0.791. The fraction of sp³-hybridized carbons (Fsp3) is 0.429. The van der Waals surface area contributed by atoms with Gasteiger partial charge in [-0.1, -0.05) is 23.7 Å². The standard InChI is InChI=1S/C14H18ClNO5/c1-13(2,3)21-12(19)16-8-14(20,11(17)18)9-4-6-10(15)7-5-9/h4-7,20H,8H2,1-3H3,(H,16,19)(H,17,18)/t14-/m0/s1. The smallest absolute Gasteiger partial charge is 0.407 e. The number of rotatable bonds is 4. The van der Waals surface area contributed by atoms with E-state index < -0.39 is 29.8 Å². The molecule has 7 heteroatoms. The Balaban J connectivity index is 2.85. The molecule has 0 aliphatic rings. The van der Waals surface area contributed by atoms with Crippen LogP contribution in [0.25, 0.3) is 0 Å². The molecule has 0 saturated carbocycles. The van der Waals surface area contributed by atoms with Gasteiger partial charge in [0, 0.05) is 5.02 Å². The van der Waals surface area contributed by atoms with Gasteiger partial charge in [0.15, 0.2) is 0 Å². The molecule has 1 atom stereocenters. The summed E-state index contributed by atoms with van der Waals surface area (Å²) < 4.78 is 4.99. The van der Waals surface area contributed by atoms with Crippen molar-refractivity contribution in [2.45, 2.75) is 32.0 Å². The highest BCUT2D eigenvalue weighted by Gasteiger charge is 2.38. The van der Waals surface area contributed by atoms with Crippen LogP contribution in [0.3, 0.4) is 0 Å². The summed E-state index contributed by atoms with van der Waals surface area (Å²) in [6, 6.07) is 5.68. The second-order valence-electron chi connectivity index (χ2n) is 5.53. The molecule has 0 spiro atoms. The number of carboxylic acids is 1. The number of carbonyl (C=O) groups is 2. The number of carboxylic acid groups (broad SMARTS) is 1. The van der Waals surface area contributed by atoms with Gasteiger partial charge in [-0.05, 0) is 38.5 Å². The van der Waals surface area contributed by atoms with E-state index in [1.165, 1.54) is 24.3 Å². The zero-order valence-electron chi connectivity index (χ0n) is 12.0. The SMILES string of the molecule is CC(C)(C)OC(=O)NC[C@@](O)(C(=O)O)c1ccc(Cl)cc1. The monoisotopic (exact) mass is 315 g/mol. The van der Waals surface area contributed by atoms with Crippen LogP contribution >= 0.6 is 11.6 Å². The van der Waals surface area contributed by atoms with Gasteiger partial charge in [0.2, 0.25) is 5.60 Å². The first kappa shape index (κ1) is 17.3. The van der Waals surface area contributed by atoms with Crippen LogP contribution in [0.2, 0.25) is 5.02 Å². The molecule has 0 aromatic heterocycles. The lowest BCUT2D eigenvalue weighted by Crippen LogP contribution is -2.47. The highest BCUT2D eigenvalue weighted by atomic mass is 35.5. The van der Waals surface area contributed by atoms with Crippen molar-refractivity contribution >= 4 is 23.7 Å². The highest BCUT2D eigenvalue weighted by Crippen LogP contribution is 2.23. The molecule has 1 aromatic rings. The van der Waals surface area contributed by atoms with E-state index in [0.29, 0.717) is 5.02 Å². The second kappa shape index (κ2) is 6.32. The summed E-state index contributed by atoms with van der Waals surface area (Å²) in [7, 11) is 0. The summed E-state index contributed by atoms with van der Waals surface area (Å²) in [4.78, 5) is 22.9. The van der Waals surface area contributed by atoms with Crippen molar-refractivity contribution in [2.24, 2.45) is 0 Å². The number of amides is 1. The minimum Gasteiger partial charge on any atom is -0.479 e. The number of hydrogen-bond acceptors (Lipinski definition) is 4. The average Bonchev–Trinajstić information content (AvgIpc) is 2.34. The molecular weight excluding hydrogens is 298 g/mol. The average molecular weight is 316 g/mol. The molecule has 21 heavy (non-hydrogen) atoms. The van der Waals surface area contributed by atoms with Gasteiger partial charge in [0.25, 0.3) is 0 Å². The summed E-state index contributed by atoms with van der Waals surface area (Å²) >= 11 is 5.72. The molecule has 0 unspecified atom stereocenters. The van der Waals surface area contributed by atoms with E-state index in [-0.39, 0.29) is 5.56 Å². The first-order valence-corrected chi connectivity index (χ1v) is 6.61. The predicted octanol–water partition coefficient (Wildman–Crippen LogP) is 2.14. The summed E-state index contributed by atoms with van der Waals surface area (Å²) in [6.45, 7) is 4.50. The molecule has 0 fully saturated rings. The van der Waals surface area contributed by atoms with Gasteiger partial charge in [-0.15, -0.1) is 0 Å². The Morgan fingerprint density at radius 2 is 1.76 bits per heavy atom. The molecule has 1 aromatic carbocycles. The van der Waals surface area contributed by atoms with Gasteiger partial charge in [-0.3, -0.25) is 0 Å². The Bertz CT molecular complexity index is 523. The van der Waals surface area contributed by atoms with Gasteiger partial charge >= 0.3 is 12.1 Å². The van der Waals surface area contributed by atoms with Crippen molar-refractivity contribution in [3.8, 4) is 0 Å². The van der Waals surface area contributed by atoms with Crippen LogP contribution in [0.4, 0.5) is 4.79 Å². The van der Waals surface area contributed by atoms with Gasteiger partial charge in [-0.25, -0.2) is 9.59 Å². The summed E-state index contributed by atoms with van der Waals surface area (Å²) in [5.74, 6) is -1.49. The Morgan fingerprint density at radius 1 is 1.24 bits per heavy atom. The molecule has 0 heterocycles. The van der Waals surface area contributed by atoms with Crippen LogP contribution in [0.1, 0.15) is 26.3 Å². The van der Waals surface area contributed by atoms with E-state index in [1.807, 2.05) is 0 Å². The van der Waals surface area contributed by atoms with Crippen molar-refractivity contribution in [2.75, 3.05) is 6.54 Å². The predicted molar refractivity (Wildman–Crippen MR) is 77.2 cm³/mol. The maximum Gasteiger partial charge on any atom is 0.407 e. The molecule has 6 nitrogen and oxygen atoms in total. The Morgan fingerprint density at radius 3 is 2.19 bits per heavy atom. The number of carbonyl (C=O) groups excluding carboxylic acids is 1. The Labute approximate surface area is 127 Å². The third-order valence-electron chi connectivity index (χ3n) is 2.56.